The molecule has 2 heterocycles. The number of hydrogen-bond acceptors (Lipinski definition) is 8. The molecule has 0 radical (unpaired) electrons. The topological polar surface area (TPSA) is 104 Å². The van der Waals surface area contributed by atoms with Crippen LogP contribution in [0.1, 0.15) is 72.0 Å². The van der Waals surface area contributed by atoms with E-state index in [0.29, 0.717) is 32.0 Å². The van der Waals surface area contributed by atoms with Gasteiger partial charge in [0.15, 0.2) is 0 Å². The maximum Gasteiger partial charge on any atom is 0.416 e. The van der Waals surface area contributed by atoms with Gasteiger partial charge in [0.1, 0.15) is 16.7 Å². The maximum absolute atomic E-state index is 13.0. The Morgan fingerprint density at radius 1 is 1.34 bits per heavy atom. The number of nitrogens with one attached hydrogen (secondary N) is 1. The van der Waals surface area contributed by atoms with Crippen LogP contribution in [0.2, 0.25) is 0 Å². The van der Waals surface area contributed by atoms with E-state index in [9.17, 15) is 28.0 Å². The number of carbonyl (C=O) groups excluding carboxylic acids is 1. The molecule has 1 saturated heterocycles. The molecule has 8 nitrogen and oxygen atoms in total. The Hall–Kier alpha value is -2.41. The number of halogens is 3. The number of methoxy groups -OCH3 is 1. The minimum atomic E-state index is -4.51. The number of likely N-dealkylation sites (tertiary alicyclic amines) is 1. The van der Waals surface area contributed by atoms with Crippen molar-refractivity contribution in [1.82, 2.24) is 15.2 Å². The van der Waals surface area contributed by atoms with E-state index in [1.54, 1.807) is 13.3 Å². The normalized spacial score (nSPS) is 25.3. The van der Waals surface area contributed by atoms with E-state index in [4.69, 9.17) is 4.74 Å². The summed E-state index contributed by atoms with van der Waals surface area (Å²) in [5, 5.41) is 17.9. The van der Waals surface area contributed by atoms with Crippen molar-refractivity contribution in [2.45, 2.75) is 81.5 Å². The van der Waals surface area contributed by atoms with E-state index in [-0.39, 0.29) is 30.4 Å². The van der Waals surface area contributed by atoms with E-state index in [2.05, 4.69) is 20.4 Å². The van der Waals surface area contributed by atoms with Crippen molar-refractivity contribution in [3.05, 3.63) is 56.4 Å². The highest BCUT2D eigenvalue weighted by atomic mass is 32.1. The minimum absolute atomic E-state index is 0.00150. The lowest BCUT2D eigenvalue weighted by atomic mass is 9.82. The van der Waals surface area contributed by atoms with Crippen LogP contribution < -0.4 is 5.32 Å². The Morgan fingerprint density at radius 2 is 2.11 bits per heavy atom. The largest absolute Gasteiger partial charge is 0.416 e. The molecule has 12 heteroatoms. The molecular formula is C26H33F3N4O4S. The zero-order valence-electron chi connectivity index (χ0n) is 21.2. The SMILES string of the molecule is COCc1cnc(C2(O)CCC(N3CC[C@@H](NC(=O)CCC(N=O)c4cccc(C(F)(F)F)c4)C3)CC2)s1. The number of thiazole rings is 1. The molecule has 1 aliphatic heterocycles. The fraction of sp³-hybridized carbons (Fsp3) is 0.615. The van der Waals surface area contributed by atoms with Crippen LogP contribution >= 0.6 is 11.3 Å². The number of carbonyl (C=O) groups is 1. The van der Waals surface area contributed by atoms with Gasteiger partial charge in [-0.15, -0.1) is 11.3 Å². The average Bonchev–Trinajstić information content (AvgIpc) is 3.55. The van der Waals surface area contributed by atoms with Gasteiger partial charge in [-0.05, 0) is 56.2 Å². The van der Waals surface area contributed by atoms with Crippen molar-refractivity contribution < 1.29 is 27.8 Å². The fourth-order valence-corrected chi connectivity index (χ4v) is 6.43. The molecule has 1 aromatic carbocycles. The lowest BCUT2D eigenvalue weighted by Gasteiger charge is -2.38. The number of nitroso groups, excluding NO2 is 1. The Labute approximate surface area is 223 Å². The maximum atomic E-state index is 13.0. The summed E-state index contributed by atoms with van der Waals surface area (Å²) in [7, 11) is 1.63. The molecule has 2 N–H and O–H groups in total. The van der Waals surface area contributed by atoms with Crippen LogP contribution in [0.3, 0.4) is 0 Å². The predicted molar refractivity (Wildman–Crippen MR) is 136 cm³/mol. The molecule has 1 unspecified atom stereocenters. The van der Waals surface area contributed by atoms with Gasteiger partial charge in [0, 0.05) is 44.9 Å². The molecule has 2 aliphatic rings. The summed E-state index contributed by atoms with van der Waals surface area (Å²) in [4.78, 5) is 31.6. The van der Waals surface area contributed by atoms with Crippen LogP contribution in [0, 0.1) is 4.91 Å². The van der Waals surface area contributed by atoms with Gasteiger partial charge in [0.25, 0.3) is 0 Å². The zero-order chi connectivity index (χ0) is 27.3. The van der Waals surface area contributed by atoms with E-state index in [1.165, 1.54) is 23.5 Å². The fourth-order valence-electron chi connectivity index (χ4n) is 5.40. The summed E-state index contributed by atoms with van der Waals surface area (Å²) in [6.07, 6.45) is 0.994. The molecular weight excluding hydrogens is 521 g/mol. The van der Waals surface area contributed by atoms with Crippen molar-refractivity contribution in [1.29, 1.82) is 0 Å². The zero-order valence-corrected chi connectivity index (χ0v) is 22.1. The molecule has 0 spiro atoms. The lowest BCUT2D eigenvalue weighted by Crippen LogP contribution is -2.43. The number of amides is 1. The van der Waals surface area contributed by atoms with E-state index in [1.807, 2.05) is 0 Å². The van der Waals surface area contributed by atoms with Crippen molar-refractivity contribution >= 4 is 17.2 Å². The van der Waals surface area contributed by atoms with Gasteiger partial charge < -0.3 is 15.2 Å². The Morgan fingerprint density at radius 3 is 2.79 bits per heavy atom. The van der Waals surface area contributed by atoms with Crippen molar-refractivity contribution in [3.63, 3.8) is 0 Å². The van der Waals surface area contributed by atoms with Crippen LogP contribution in [0.15, 0.2) is 35.6 Å². The third-order valence-electron chi connectivity index (χ3n) is 7.49. The Balaban J connectivity index is 1.22. The number of alkyl halides is 3. The summed E-state index contributed by atoms with van der Waals surface area (Å²) in [6.45, 7) is 2.02. The highest BCUT2D eigenvalue weighted by Crippen LogP contribution is 2.41. The molecule has 38 heavy (non-hydrogen) atoms. The van der Waals surface area contributed by atoms with E-state index in [0.717, 1.165) is 47.8 Å². The molecule has 0 bridgehead atoms. The van der Waals surface area contributed by atoms with Gasteiger partial charge >= 0.3 is 6.18 Å². The number of aliphatic hydroxyl groups is 1. The van der Waals surface area contributed by atoms with Crippen LogP contribution in [0.5, 0.6) is 0 Å². The van der Waals surface area contributed by atoms with Crippen LogP contribution in [0.25, 0.3) is 0 Å². The van der Waals surface area contributed by atoms with Gasteiger partial charge in [-0.3, -0.25) is 9.69 Å². The number of hydrogen-bond donors (Lipinski definition) is 2. The van der Waals surface area contributed by atoms with E-state index < -0.39 is 23.4 Å². The quantitative estimate of drug-likeness (QED) is 0.404. The molecule has 1 saturated carbocycles. The third kappa shape index (κ3) is 6.96. The van der Waals surface area contributed by atoms with Gasteiger partial charge in [0.05, 0.1) is 17.0 Å². The molecule has 208 valence electrons. The number of nitrogens with zero attached hydrogens (tertiary/aromatic N) is 3. The smallest absolute Gasteiger partial charge is 0.383 e. The third-order valence-corrected chi connectivity index (χ3v) is 8.66. The first-order valence-electron chi connectivity index (χ1n) is 12.8. The number of rotatable bonds is 10. The first kappa shape index (κ1) is 28.6. The monoisotopic (exact) mass is 554 g/mol. The minimum Gasteiger partial charge on any atom is -0.383 e. The average molecular weight is 555 g/mol. The number of aromatic nitrogens is 1. The molecule has 1 aliphatic carbocycles. The summed E-state index contributed by atoms with van der Waals surface area (Å²) < 4.78 is 44.1. The summed E-state index contributed by atoms with van der Waals surface area (Å²) in [5.74, 6) is -0.244. The summed E-state index contributed by atoms with van der Waals surface area (Å²) >= 11 is 1.49. The Kier molecular flexibility index (Phi) is 9.17. The van der Waals surface area contributed by atoms with Crippen LogP contribution in [-0.2, 0) is 27.9 Å². The molecule has 4 rings (SSSR count). The molecule has 2 aromatic rings. The first-order valence-corrected chi connectivity index (χ1v) is 13.6. The highest BCUT2D eigenvalue weighted by molar-refractivity contribution is 7.11. The van der Waals surface area contributed by atoms with Crippen molar-refractivity contribution in [2.24, 2.45) is 5.18 Å². The number of ether oxygens (including phenoxy) is 1. The predicted octanol–water partition coefficient (Wildman–Crippen LogP) is 4.92. The van der Waals surface area contributed by atoms with E-state index >= 15 is 0 Å². The second-order valence-electron chi connectivity index (χ2n) is 10.2. The second kappa shape index (κ2) is 12.2. The van der Waals surface area contributed by atoms with Crippen molar-refractivity contribution in [3.8, 4) is 0 Å². The van der Waals surface area contributed by atoms with Crippen LogP contribution in [-0.4, -0.2) is 53.2 Å². The van der Waals surface area contributed by atoms with Crippen molar-refractivity contribution in [2.75, 3.05) is 20.2 Å². The second-order valence-corrected chi connectivity index (χ2v) is 11.3. The summed E-state index contributed by atoms with van der Waals surface area (Å²) in [6, 6.07) is 3.78. The summed E-state index contributed by atoms with van der Waals surface area (Å²) in [5.41, 5.74) is -1.61. The van der Waals surface area contributed by atoms with Gasteiger partial charge in [-0.25, -0.2) is 4.98 Å². The number of benzene rings is 1. The molecule has 2 fully saturated rings. The van der Waals surface area contributed by atoms with Crippen LogP contribution in [0.4, 0.5) is 13.2 Å². The van der Waals surface area contributed by atoms with Gasteiger partial charge in [0.2, 0.25) is 5.91 Å². The standard InChI is InChI=1S/C26H33F3N4O4S/c1-37-16-21-14-30-24(38-21)25(35)10-7-20(8-11-25)33-12-9-19(15-33)31-23(34)6-5-22(32-36)17-3-2-4-18(13-17)26(27,28)29/h2-4,13-14,19-20,22,35H,5-12,15-16H2,1H3,(H,31,34)/t19-,20?,22?,25?/m1/s1. The highest BCUT2D eigenvalue weighted by Gasteiger charge is 2.40. The van der Waals surface area contributed by atoms with Gasteiger partial charge in [-0.2, -0.15) is 18.1 Å². The molecule has 1 amide bonds. The lowest BCUT2D eigenvalue weighted by molar-refractivity contribution is -0.137. The molecule has 1 aromatic heterocycles. The van der Waals surface area contributed by atoms with Gasteiger partial charge in [-0.1, -0.05) is 17.3 Å². The first-order chi connectivity index (χ1) is 18.1. The Bertz CT molecular complexity index is 1100. The molecule has 2 atom stereocenters.